The van der Waals surface area contributed by atoms with Gasteiger partial charge in [0.2, 0.25) is 0 Å². The number of benzene rings is 2. The highest BCUT2D eigenvalue weighted by molar-refractivity contribution is 5.92. The highest BCUT2D eigenvalue weighted by Gasteiger charge is 2.24. The summed E-state index contributed by atoms with van der Waals surface area (Å²) in [7, 11) is 1.66. The minimum Gasteiger partial charge on any atom is -0.497 e. The fourth-order valence-corrected chi connectivity index (χ4v) is 4.03. The van der Waals surface area contributed by atoms with Crippen molar-refractivity contribution in [2.24, 2.45) is 0 Å². The van der Waals surface area contributed by atoms with Crippen LogP contribution in [0.25, 0.3) is 22.2 Å². The first kappa shape index (κ1) is 18.4. The molecule has 2 N–H and O–H groups in total. The number of ether oxygens (including phenoxy) is 1. The van der Waals surface area contributed by atoms with E-state index in [1.165, 1.54) is 24.5 Å². The van der Waals surface area contributed by atoms with E-state index in [0.717, 1.165) is 39.2 Å². The second-order valence-corrected chi connectivity index (χ2v) is 7.79. The molecule has 0 spiro atoms. The average Bonchev–Trinajstić information content (AvgIpc) is 3.56. The van der Waals surface area contributed by atoms with Gasteiger partial charge in [0.1, 0.15) is 11.4 Å². The van der Waals surface area contributed by atoms with Gasteiger partial charge in [0.15, 0.2) is 0 Å². The van der Waals surface area contributed by atoms with Crippen molar-refractivity contribution >= 4 is 16.9 Å². The Kier molecular flexibility index (Phi) is 4.51. The third kappa shape index (κ3) is 3.43. The molecule has 2 aromatic heterocycles. The van der Waals surface area contributed by atoms with Gasteiger partial charge in [-0.05, 0) is 60.2 Å². The normalized spacial score (nSPS) is 13.5. The maximum Gasteiger partial charge on any atom is 0.354 e. The fourth-order valence-electron chi connectivity index (χ4n) is 4.03. The van der Waals surface area contributed by atoms with E-state index < -0.39 is 5.97 Å². The first-order valence-corrected chi connectivity index (χ1v) is 10.1. The van der Waals surface area contributed by atoms with E-state index >= 15 is 0 Å². The molecular formula is C25H22N2O3. The van der Waals surface area contributed by atoms with Gasteiger partial charge in [-0.1, -0.05) is 30.3 Å². The summed E-state index contributed by atoms with van der Waals surface area (Å²) in [6.07, 6.45) is 3.05. The van der Waals surface area contributed by atoms with Crippen molar-refractivity contribution in [3.8, 4) is 17.0 Å². The lowest BCUT2D eigenvalue weighted by atomic mass is 9.99. The maximum absolute atomic E-state index is 11.4. The Labute approximate surface area is 174 Å². The number of nitrogens with zero attached hydrogens (tertiary/aromatic N) is 1. The van der Waals surface area contributed by atoms with Crippen LogP contribution < -0.4 is 4.74 Å². The highest BCUT2D eigenvalue weighted by Crippen LogP contribution is 2.42. The number of H-pyrrole nitrogens is 1. The molecule has 0 saturated heterocycles. The van der Waals surface area contributed by atoms with Crippen LogP contribution in [0, 0.1) is 0 Å². The third-order valence-corrected chi connectivity index (χ3v) is 5.72. The maximum atomic E-state index is 11.4. The first-order valence-electron chi connectivity index (χ1n) is 10.1. The van der Waals surface area contributed by atoms with Crippen LogP contribution in [-0.2, 0) is 6.42 Å². The van der Waals surface area contributed by atoms with Crippen LogP contribution in [0.15, 0.2) is 60.7 Å². The molecule has 0 radical (unpaired) electrons. The van der Waals surface area contributed by atoms with Gasteiger partial charge in [0.05, 0.1) is 12.8 Å². The van der Waals surface area contributed by atoms with E-state index in [2.05, 4.69) is 34.2 Å². The van der Waals surface area contributed by atoms with Gasteiger partial charge < -0.3 is 14.8 Å². The second-order valence-electron chi connectivity index (χ2n) is 7.79. The van der Waals surface area contributed by atoms with Crippen LogP contribution in [0.1, 0.15) is 46.1 Å². The molecule has 2 heterocycles. The Morgan fingerprint density at radius 2 is 1.97 bits per heavy atom. The molecule has 5 nitrogen and oxygen atoms in total. The lowest BCUT2D eigenvalue weighted by molar-refractivity contribution is 0.0690. The number of aromatic nitrogens is 2. The van der Waals surface area contributed by atoms with Gasteiger partial charge in [-0.25, -0.2) is 9.78 Å². The lowest BCUT2D eigenvalue weighted by Gasteiger charge is -2.08. The van der Waals surface area contributed by atoms with Crippen molar-refractivity contribution in [2.75, 3.05) is 7.11 Å². The molecule has 2 aromatic carbocycles. The van der Waals surface area contributed by atoms with E-state index in [4.69, 9.17) is 4.74 Å². The molecular weight excluding hydrogens is 376 g/mol. The summed E-state index contributed by atoms with van der Waals surface area (Å²) in [6, 6.07) is 19.8. The minimum atomic E-state index is -1.02. The molecule has 1 saturated carbocycles. The summed E-state index contributed by atoms with van der Waals surface area (Å²) in [4.78, 5) is 19.3. The van der Waals surface area contributed by atoms with Crippen molar-refractivity contribution in [3.05, 3.63) is 83.2 Å². The number of carboxylic acid groups (broad SMARTS) is 1. The summed E-state index contributed by atoms with van der Waals surface area (Å²) in [5, 5.41) is 10.4. The van der Waals surface area contributed by atoms with Crippen LogP contribution in [0.5, 0.6) is 5.75 Å². The largest absolute Gasteiger partial charge is 0.497 e. The summed E-state index contributed by atoms with van der Waals surface area (Å²) < 4.78 is 5.42. The quantitative estimate of drug-likeness (QED) is 0.456. The number of carbonyl (C=O) groups is 1. The number of aromatic carboxylic acids is 1. The van der Waals surface area contributed by atoms with Crippen LogP contribution in [-0.4, -0.2) is 28.2 Å². The van der Waals surface area contributed by atoms with Gasteiger partial charge in [0, 0.05) is 28.6 Å². The first-order chi connectivity index (χ1) is 14.6. The summed E-state index contributed by atoms with van der Waals surface area (Å²) in [6.45, 7) is 0. The Morgan fingerprint density at radius 1 is 1.13 bits per heavy atom. The van der Waals surface area contributed by atoms with E-state index in [1.807, 2.05) is 24.3 Å². The Balaban J connectivity index is 1.65. The molecule has 1 aliphatic carbocycles. The molecule has 0 amide bonds. The molecule has 5 rings (SSSR count). The third-order valence-electron chi connectivity index (χ3n) is 5.72. The molecule has 150 valence electrons. The number of hydrogen-bond acceptors (Lipinski definition) is 3. The SMILES string of the molecule is COc1cccc(-c2[nH]c3cc(C4CC4)ccc3c2Cc2cccc(C(=O)O)n2)c1. The zero-order chi connectivity index (χ0) is 20.7. The van der Waals surface area contributed by atoms with E-state index in [9.17, 15) is 9.90 Å². The Hall–Kier alpha value is -3.60. The standard InChI is InChI=1S/C25H22N2O3/c1-30-19-6-2-4-17(12-19)24-21(14-18-5-3-7-22(26-18)25(28)29)20-11-10-16(15-8-9-15)13-23(20)27-24/h2-7,10-13,15,27H,8-9,14H2,1H3,(H,28,29). The van der Waals surface area contributed by atoms with Crippen molar-refractivity contribution in [3.63, 3.8) is 0 Å². The second kappa shape index (κ2) is 7.34. The zero-order valence-electron chi connectivity index (χ0n) is 16.7. The van der Waals surface area contributed by atoms with Crippen molar-refractivity contribution < 1.29 is 14.6 Å². The summed E-state index contributed by atoms with van der Waals surface area (Å²) >= 11 is 0. The molecule has 1 aliphatic rings. The average molecular weight is 398 g/mol. The topological polar surface area (TPSA) is 75.2 Å². The lowest BCUT2D eigenvalue weighted by Crippen LogP contribution is -2.03. The Bertz CT molecular complexity index is 1250. The summed E-state index contributed by atoms with van der Waals surface area (Å²) in [5.41, 5.74) is 6.41. The fraction of sp³-hybridized carbons (Fsp3) is 0.200. The molecule has 0 atom stereocenters. The van der Waals surface area contributed by atoms with Crippen molar-refractivity contribution in [1.29, 1.82) is 0 Å². The van der Waals surface area contributed by atoms with Crippen LogP contribution in [0.4, 0.5) is 0 Å². The van der Waals surface area contributed by atoms with E-state index in [1.54, 1.807) is 13.2 Å². The number of methoxy groups -OCH3 is 1. The predicted octanol–water partition coefficient (Wildman–Crippen LogP) is 5.40. The zero-order valence-corrected chi connectivity index (χ0v) is 16.7. The number of fused-ring (bicyclic) bond motifs is 1. The van der Waals surface area contributed by atoms with Crippen LogP contribution >= 0.6 is 0 Å². The van der Waals surface area contributed by atoms with E-state index in [-0.39, 0.29) is 5.69 Å². The number of aromatic amines is 1. The van der Waals surface area contributed by atoms with Crippen molar-refractivity contribution in [2.45, 2.75) is 25.2 Å². The number of hydrogen-bond donors (Lipinski definition) is 2. The minimum absolute atomic E-state index is 0.0614. The highest BCUT2D eigenvalue weighted by atomic mass is 16.5. The van der Waals surface area contributed by atoms with E-state index in [0.29, 0.717) is 12.3 Å². The van der Waals surface area contributed by atoms with Crippen LogP contribution in [0.2, 0.25) is 0 Å². The predicted molar refractivity (Wildman–Crippen MR) is 116 cm³/mol. The molecule has 0 aliphatic heterocycles. The summed E-state index contributed by atoms with van der Waals surface area (Å²) in [5.74, 6) is 0.454. The Morgan fingerprint density at radius 3 is 2.73 bits per heavy atom. The van der Waals surface area contributed by atoms with Gasteiger partial charge in [-0.3, -0.25) is 0 Å². The molecule has 5 heteroatoms. The van der Waals surface area contributed by atoms with Crippen molar-refractivity contribution in [1.82, 2.24) is 9.97 Å². The van der Waals surface area contributed by atoms with Gasteiger partial charge in [-0.15, -0.1) is 0 Å². The van der Waals surface area contributed by atoms with Gasteiger partial charge >= 0.3 is 5.97 Å². The monoisotopic (exact) mass is 398 g/mol. The van der Waals surface area contributed by atoms with Gasteiger partial charge in [0.25, 0.3) is 0 Å². The van der Waals surface area contributed by atoms with Gasteiger partial charge in [-0.2, -0.15) is 0 Å². The molecule has 4 aromatic rings. The number of carboxylic acids is 1. The van der Waals surface area contributed by atoms with Crippen LogP contribution in [0.3, 0.4) is 0 Å². The number of rotatable bonds is 6. The molecule has 30 heavy (non-hydrogen) atoms. The number of nitrogens with one attached hydrogen (secondary N) is 1. The smallest absolute Gasteiger partial charge is 0.354 e. The molecule has 0 bridgehead atoms. The molecule has 1 fully saturated rings. The number of pyridine rings is 1. The molecule has 0 unspecified atom stereocenters.